The van der Waals surface area contributed by atoms with E-state index in [1.54, 1.807) is 23.5 Å². The van der Waals surface area contributed by atoms with Gasteiger partial charge in [-0.05, 0) is 48.2 Å². The summed E-state index contributed by atoms with van der Waals surface area (Å²) >= 11 is 1.73. The third-order valence-electron chi connectivity index (χ3n) is 5.01. The van der Waals surface area contributed by atoms with E-state index in [1.807, 2.05) is 12.1 Å². The van der Waals surface area contributed by atoms with E-state index < -0.39 is 11.7 Å². The second-order valence-electron chi connectivity index (χ2n) is 6.85. The number of halogens is 3. The molecule has 0 aliphatic carbocycles. The van der Waals surface area contributed by atoms with Crippen LogP contribution in [-0.4, -0.2) is 31.1 Å². The van der Waals surface area contributed by atoms with Crippen molar-refractivity contribution in [2.45, 2.75) is 18.6 Å². The molecule has 2 nitrogen and oxygen atoms in total. The fourth-order valence-electron chi connectivity index (χ4n) is 3.67. The first kappa shape index (κ1) is 18.5. The second kappa shape index (κ2) is 7.62. The first-order chi connectivity index (χ1) is 13.0. The highest BCUT2D eigenvalue weighted by Gasteiger charge is 2.31. The second-order valence-corrected chi connectivity index (χ2v) is 7.96. The van der Waals surface area contributed by atoms with Gasteiger partial charge in [-0.15, -0.1) is 11.3 Å². The number of nitrogens with one attached hydrogen (secondary N) is 1. The zero-order valence-electron chi connectivity index (χ0n) is 14.8. The molecule has 142 valence electrons. The van der Waals surface area contributed by atoms with Crippen LogP contribution in [0.3, 0.4) is 0 Å². The largest absolute Gasteiger partial charge is 0.416 e. The number of thiophene rings is 1. The Morgan fingerprint density at radius 2 is 1.74 bits per heavy atom. The van der Waals surface area contributed by atoms with Crippen molar-refractivity contribution >= 4 is 21.4 Å². The van der Waals surface area contributed by atoms with Crippen LogP contribution in [-0.2, 0) is 6.18 Å². The van der Waals surface area contributed by atoms with Gasteiger partial charge in [-0.3, -0.25) is 4.90 Å². The van der Waals surface area contributed by atoms with Crippen LogP contribution in [0.1, 0.15) is 28.5 Å². The SMILES string of the molecule is FC(F)(F)c1ccc(C(c2cc3ccccc3s2)N2CCCNCC2)cc1. The predicted molar refractivity (Wildman–Crippen MR) is 104 cm³/mol. The van der Waals surface area contributed by atoms with Gasteiger partial charge in [-0.2, -0.15) is 13.2 Å². The maximum atomic E-state index is 13.0. The summed E-state index contributed by atoms with van der Waals surface area (Å²) in [4.78, 5) is 3.56. The van der Waals surface area contributed by atoms with Gasteiger partial charge in [0.15, 0.2) is 0 Å². The molecular formula is C21H21F3N2S. The van der Waals surface area contributed by atoms with E-state index >= 15 is 0 Å². The average Bonchev–Trinajstić information content (AvgIpc) is 2.89. The van der Waals surface area contributed by atoms with Crippen LogP contribution >= 0.6 is 11.3 Å². The van der Waals surface area contributed by atoms with Crippen LogP contribution in [0.5, 0.6) is 0 Å². The summed E-state index contributed by atoms with van der Waals surface area (Å²) in [5, 5.41) is 4.59. The Morgan fingerprint density at radius 3 is 2.48 bits per heavy atom. The van der Waals surface area contributed by atoms with Gasteiger partial charge in [-0.1, -0.05) is 30.3 Å². The Bertz CT molecular complexity index is 861. The van der Waals surface area contributed by atoms with Gasteiger partial charge in [0, 0.05) is 29.2 Å². The van der Waals surface area contributed by atoms with Crippen molar-refractivity contribution in [1.82, 2.24) is 10.2 Å². The van der Waals surface area contributed by atoms with E-state index in [9.17, 15) is 13.2 Å². The van der Waals surface area contributed by atoms with Gasteiger partial charge < -0.3 is 5.32 Å². The van der Waals surface area contributed by atoms with E-state index in [0.29, 0.717) is 0 Å². The molecule has 4 rings (SSSR count). The van der Waals surface area contributed by atoms with Crippen LogP contribution in [0, 0.1) is 0 Å². The molecule has 1 atom stereocenters. The molecular weight excluding hydrogens is 369 g/mol. The topological polar surface area (TPSA) is 15.3 Å². The van der Waals surface area contributed by atoms with E-state index in [1.165, 1.54) is 27.1 Å². The number of hydrogen-bond acceptors (Lipinski definition) is 3. The standard InChI is InChI=1S/C21H21F3N2S/c22-21(23,24)17-8-6-15(7-9-17)20(26-12-3-10-25-11-13-26)19-14-16-4-1-2-5-18(16)27-19/h1-2,4-9,14,20,25H,3,10-13H2. The molecule has 0 saturated carbocycles. The zero-order chi connectivity index (χ0) is 18.9. The summed E-state index contributed by atoms with van der Waals surface area (Å²) in [5.74, 6) is 0. The molecule has 0 radical (unpaired) electrons. The lowest BCUT2D eigenvalue weighted by atomic mass is 10.0. The molecule has 0 bridgehead atoms. The van der Waals surface area contributed by atoms with Crippen LogP contribution in [0.15, 0.2) is 54.6 Å². The molecule has 3 aromatic rings. The molecule has 2 heterocycles. The predicted octanol–water partition coefficient (Wildman–Crippen LogP) is 5.30. The molecule has 1 aliphatic heterocycles. The summed E-state index contributed by atoms with van der Waals surface area (Å²) in [7, 11) is 0. The molecule has 6 heteroatoms. The van der Waals surface area contributed by atoms with Gasteiger partial charge in [0.25, 0.3) is 0 Å². The smallest absolute Gasteiger partial charge is 0.315 e. The molecule has 1 unspecified atom stereocenters. The molecule has 0 amide bonds. The van der Waals surface area contributed by atoms with Crippen molar-refractivity contribution in [1.29, 1.82) is 0 Å². The normalized spacial score (nSPS) is 17.7. The van der Waals surface area contributed by atoms with E-state index in [2.05, 4.69) is 28.4 Å². The fraction of sp³-hybridized carbons (Fsp3) is 0.333. The van der Waals surface area contributed by atoms with Gasteiger partial charge in [0.05, 0.1) is 11.6 Å². The van der Waals surface area contributed by atoms with Crippen molar-refractivity contribution in [2.24, 2.45) is 0 Å². The highest BCUT2D eigenvalue weighted by Crippen LogP contribution is 2.38. The quantitative estimate of drug-likeness (QED) is 0.652. The molecule has 1 N–H and O–H groups in total. The van der Waals surface area contributed by atoms with Gasteiger partial charge in [-0.25, -0.2) is 0 Å². The van der Waals surface area contributed by atoms with E-state index in [-0.39, 0.29) is 6.04 Å². The first-order valence-electron chi connectivity index (χ1n) is 9.13. The van der Waals surface area contributed by atoms with Crippen LogP contribution in [0.25, 0.3) is 10.1 Å². The molecule has 2 aromatic carbocycles. The number of fused-ring (bicyclic) bond motifs is 1. The van der Waals surface area contributed by atoms with Gasteiger partial charge in [0.1, 0.15) is 0 Å². The Labute approximate surface area is 160 Å². The molecule has 1 aromatic heterocycles. The number of alkyl halides is 3. The van der Waals surface area contributed by atoms with Crippen LogP contribution in [0.4, 0.5) is 13.2 Å². The summed E-state index contributed by atoms with van der Waals surface area (Å²) in [6, 6.07) is 16.0. The third kappa shape index (κ3) is 4.03. The minimum Gasteiger partial charge on any atom is -0.315 e. The van der Waals surface area contributed by atoms with Crippen molar-refractivity contribution in [3.05, 3.63) is 70.6 Å². The van der Waals surface area contributed by atoms with Crippen LogP contribution < -0.4 is 5.32 Å². The summed E-state index contributed by atoms with van der Waals surface area (Å²) < 4.78 is 40.1. The zero-order valence-corrected chi connectivity index (χ0v) is 15.6. The highest BCUT2D eigenvalue weighted by atomic mass is 32.1. The average molecular weight is 390 g/mol. The van der Waals surface area contributed by atoms with Crippen LogP contribution in [0.2, 0.25) is 0 Å². The minimum absolute atomic E-state index is 0.0235. The third-order valence-corrected chi connectivity index (χ3v) is 6.18. The van der Waals surface area contributed by atoms with Crippen molar-refractivity contribution in [2.75, 3.05) is 26.2 Å². The molecule has 1 fully saturated rings. The lowest BCUT2D eigenvalue weighted by molar-refractivity contribution is -0.137. The molecule has 1 saturated heterocycles. The molecule has 27 heavy (non-hydrogen) atoms. The Hall–Kier alpha value is -1.89. The fourth-order valence-corrected chi connectivity index (χ4v) is 4.90. The number of hydrogen-bond donors (Lipinski definition) is 1. The Kier molecular flexibility index (Phi) is 5.21. The van der Waals surface area contributed by atoms with Crippen molar-refractivity contribution < 1.29 is 13.2 Å². The number of rotatable bonds is 3. The van der Waals surface area contributed by atoms with Crippen molar-refractivity contribution in [3.8, 4) is 0 Å². The highest BCUT2D eigenvalue weighted by molar-refractivity contribution is 7.19. The lowest BCUT2D eigenvalue weighted by Gasteiger charge is -2.30. The van der Waals surface area contributed by atoms with Gasteiger partial charge >= 0.3 is 6.18 Å². The maximum absolute atomic E-state index is 13.0. The monoisotopic (exact) mass is 390 g/mol. The lowest BCUT2D eigenvalue weighted by Crippen LogP contribution is -2.32. The number of nitrogens with zero attached hydrogens (tertiary/aromatic N) is 1. The molecule has 0 spiro atoms. The Balaban J connectivity index is 1.75. The molecule has 1 aliphatic rings. The summed E-state index contributed by atoms with van der Waals surface area (Å²) in [6.07, 6.45) is -3.28. The van der Waals surface area contributed by atoms with E-state index in [4.69, 9.17) is 0 Å². The minimum atomic E-state index is -4.31. The Morgan fingerprint density at radius 1 is 0.963 bits per heavy atom. The van der Waals surface area contributed by atoms with Gasteiger partial charge in [0.2, 0.25) is 0 Å². The number of benzene rings is 2. The summed E-state index contributed by atoms with van der Waals surface area (Å²) in [6.45, 7) is 3.66. The first-order valence-corrected chi connectivity index (χ1v) is 9.94. The maximum Gasteiger partial charge on any atom is 0.416 e. The van der Waals surface area contributed by atoms with E-state index in [0.717, 1.165) is 38.2 Å². The van der Waals surface area contributed by atoms with Crippen molar-refractivity contribution in [3.63, 3.8) is 0 Å². The summed E-state index contributed by atoms with van der Waals surface area (Å²) in [5.41, 5.74) is 0.315.